The van der Waals surface area contributed by atoms with Gasteiger partial charge in [-0.2, -0.15) is 0 Å². The Morgan fingerprint density at radius 2 is 1.79 bits per heavy atom. The molecule has 0 saturated heterocycles. The van der Waals surface area contributed by atoms with E-state index in [1.54, 1.807) is 36.9 Å². The molecule has 14 heavy (non-hydrogen) atoms. The maximum atomic E-state index is 5.71. The first-order valence-electron chi connectivity index (χ1n) is 3.85. The first kappa shape index (κ1) is 10.1. The molecule has 2 aromatic rings. The summed E-state index contributed by atoms with van der Waals surface area (Å²) in [6.07, 6.45) is 6.62. The van der Waals surface area contributed by atoms with Crippen LogP contribution in [0.5, 0.6) is 0 Å². The van der Waals surface area contributed by atoms with Crippen LogP contribution in [0.3, 0.4) is 0 Å². The van der Waals surface area contributed by atoms with E-state index in [9.17, 15) is 0 Å². The molecule has 0 aliphatic carbocycles. The van der Waals surface area contributed by atoms with Crippen molar-refractivity contribution in [1.29, 1.82) is 0 Å². The summed E-state index contributed by atoms with van der Waals surface area (Å²) in [4.78, 5) is 12.1. The fourth-order valence-corrected chi connectivity index (χ4v) is 1.05. The Hall–Kier alpha value is -2.01. The summed E-state index contributed by atoms with van der Waals surface area (Å²) < 4.78 is 0. The Kier molecular flexibility index (Phi) is 3.09. The highest BCUT2D eigenvalue weighted by molar-refractivity contribution is 5.69. The molecule has 0 aliphatic rings. The van der Waals surface area contributed by atoms with E-state index >= 15 is 0 Å². The molecule has 0 unspecified atom stereocenters. The minimum Gasteiger partial charge on any atom is -0.397 e. The molecule has 0 saturated carbocycles. The van der Waals surface area contributed by atoms with Crippen LogP contribution in [0.4, 0.5) is 5.69 Å². The number of aromatic nitrogens is 3. The molecule has 0 amide bonds. The molecule has 5 heteroatoms. The van der Waals surface area contributed by atoms with Crippen molar-refractivity contribution in [2.24, 2.45) is 0 Å². The molecule has 5 nitrogen and oxygen atoms in total. The minimum atomic E-state index is 0. The fraction of sp³-hybridized carbons (Fsp3) is 0. The molecule has 2 rings (SSSR count). The highest BCUT2D eigenvalue weighted by atomic mass is 14.9. The largest absolute Gasteiger partial charge is 0.397 e. The molecular weight excluding hydrogens is 178 g/mol. The average Bonchev–Trinajstić information content (AvgIpc) is 2.20. The molecule has 0 aliphatic heterocycles. The lowest BCUT2D eigenvalue weighted by atomic mass is 10.2. The van der Waals surface area contributed by atoms with Gasteiger partial charge in [-0.05, 0) is 12.1 Å². The second-order valence-electron chi connectivity index (χ2n) is 2.54. The van der Waals surface area contributed by atoms with Crippen LogP contribution in [0, 0.1) is 0 Å². The van der Waals surface area contributed by atoms with Crippen molar-refractivity contribution in [3.05, 3.63) is 36.9 Å². The highest BCUT2D eigenvalue weighted by Gasteiger charge is 2.02. The number of hydrogen-bond donors (Lipinski definition) is 2. The predicted molar refractivity (Wildman–Crippen MR) is 54.7 cm³/mol. The third-order valence-corrected chi connectivity index (χ3v) is 1.66. The minimum absolute atomic E-state index is 0. The average molecular weight is 189 g/mol. The first-order valence-corrected chi connectivity index (χ1v) is 3.85. The van der Waals surface area contributed by atoms with Gasteiger partial charge >= 0.3 is 0 Å². The lowest BCUT2D eigenvalue weighted by Gasteiger charge is -2.01. The van der Waals surface area contributed by atoms with E-state index in [-0.39, 0.29) is 6.15 Å². The smallest absolute Gasteiger partial charge is 0.161 e. The maximum Gasteiger partial charge on any atom is 0.161 e. The van der Waals surface area contributed by atoms with E-state index in [1.807, 2.05) is 0 Å². The Morgan fingerprint density at radius 3 is 2.43 bits per heavy atom. The number of nitrogen functional groups attached to an aromatic ring is 1. The fourth-order valence-electron chi connectivity index (χ4n) is 1.05. The van der Waals surface area contributed by atoms with E-state index in [2.05, 4.69) is 15.0 Å². The third-order valence-electron chi connectivity index (χ3n) is 1.66. The molecule has 2 aromatic heterocycles. The van der Waals surface area contributed by atoms with Crippen molar-refractivity contribution in [3.8, 4) is 11.4 Å². The Morgan fingerprint density at radius 1 is 1.07 bits per heavy atom. The van der Waals surface area contributed by atoms with Gasteiger partial charge in [-0.3, -0.25) is 4.98 Å². The zero-order valence-corrected chi connectivity index (χ0v) is 7.59. The Labute approximate surface area is 81.6 Å². The van der Waals surface area contributed by atoms with Crippen molar-refractivity contribution >= 4 is 5.69 Å². The number of anilines is 1. The van der Waals surface area contributed by atoms with E-state index < -0.39 is 0 Å². The van der Waals surface area contributed by atoms with Crippen molar-refractivity contribution in [2.75, 3.05) is 5.73 Å². The quantitative estimate of drug-likeness (QED) is 0.703. The van der Waals surface area contributed by atoms with Gasteiger partial charge in [0, 0.05) is 24.2 Å². The predicted octanol–water partition coefficient (Wildman–Crippen LogP) is 1.28. The topological polar surface area (TPSA) is 99.7 Å². The van der Waals surface area contributed by atoms with Gasteiger partial charge in [0.05, 0.1) is 11.9 Å². The van der Waals surface area contributed by atoms with Gasteiger partial charge < -0.3 is 11.9 Å². The van der Waals surface area contributed by atoms with E-state index in [4.69, 9.17) is 5.73 Å². The molecule has 0 aromatic carbocycles. The van der Waals surface area contributed by atoms with Gasteiger partial charge in [0.2, 0.25) is 0 Å². The molecule has 5 N–H and O–H groups in total. The summed E-state index contributed by atoms with van der Waals surface area (Å²) in [5, 5.41) is 0. The van der Waals surface area contributed by atoms with Crippen LogP contribution in [-0.2, 0) is 0 Å². The molecule has 0 spiro atoms. The van der Waals surface area contributed by atoms with Gasteiger partial charge in [-0.25, -0.2) is 9.97 Å². The van der Waals surface area contributed by atoms with Crippen molar-refractivity contribution in [1.82, 2.24) is 21.1 Å². The van der Waals surface area contributed by atoms with Crippen LogP contribution < -0.4 is 11.9 Å². The molecule has 0 atom stereocenters. The molecular formula is C9H11N5. The van der Waals surface area contributed by atoms with Crippen molar-refractivity contribution < 1.29 is 0 Å². The van der Waals surface area contributed by atoms with Crippen LogP contribution in [0.15, 0.2) is 36.9 Å². The van der Waals surface area contributed by atoms with Crippen molar-refractivity contribution in [2.45, 2.75) is 0 Å². The van der Waals surface area contributed by atoms with Crippen molar-refractivity contribution in [3.63, 3.8) is 0 Å². The summed E-state index contributed by atoms with van der Waals surface area (Å²) in [6.45, 7) is 0. The number of nitrogens with two attached hydrogens (primary N) is 1. The van der Waals surface area contributed by atoms with Crippen LogP contribution in [0.2, 0.25) is 0 Å². The zero-order chi connectivity index (χ0) is 9.10. The van der Waals surface area contributed by atoms with Crippen LogP contribution in [-0.4, -0.2) is 15.0 Å². The number of nitrogens with zero attached hydrogens (tertiary/aromatic N) is 3. The molecule has 0 bridgehead atoms. The lowest BCUT2D eigenvalue weighted by molar-refractivity contribution is 1.17. The van der Waals surface area contributed by atoms with Gasteiger partial charge in [0.15, 0.2) is 5.82 Å². The van der Waals surface area contributed by atoms with Gasteiger partial charge in [-0.15, -0.1) is 0 Å². The van der Waals surface area contributed by atoms with E-state index in [0.29, 0.717) is 11.5 Å². The molecule has 0 fully saturated rings. The molecule has 72 valence electrons. The molecule has 2 heterocycles. The second-order valence-corrected chi connectivity index (χ2v) is 2.54. The summed E-state index contributed by atoms with van der Waals surface area (Å²) in [5.74, 6) is 0.627. The van der Waals surface area contributed by atoms with Gasteiger partial charge in [0.1, 0.15) is 0 Å². The second kappa shape index (κ2) is 4.29. The highest BCUT2D eigenvalue weighted by Crippen LogP contribution is 2.19. The van der Waals surface area contributed by atoms with E-state index in [1.165, 1.54) is 0 Å². The van der Waals surface area contributed by atoms with Gasteiger partial charge in [0.25, 0.3) is 0 Å². The number of rotatable bonds is 1. The Bertz CT molecular complexity index is 401. The van der Waals surface area contributed by atoms with Crippen LogP contribution in [0.1, 0.15) is 0 Å². The Balaban J connectivity index is 0.000000980. The van der Waals surface area contributed by atoms with Crippen LogP contribution >= 0.6 is 0 Å². The molecule has 0 radical (unpaired) electrons. The van der Waals surface area contributed by atoms with Gasteiger partial charge in [-0.1, -0.05) is 0 Å². The summed E-state index contributed by atoms with van der Waals surface area (Å²) in [6, 6.07) is 3.56. The summed E-state index contributed by atoms with van der Waals surface area (Å²) in [7, 11) is 0. The van der Waals surface area contributed by atoms with E-state index in [0.717, 1.165) is 5.56 Å². The number of hydrogen-bond acceptors (Lipinski definition) is 5. The normalized spacial score (nSPS) is 9.14. The van der Waals surface area contributed by atoms with Crippen LogP contribution in [0.25, 0.3) is 11.4 Å². The monoisotopic (exact) mass is 189 g/mol. The standard InChI is InChI=1S/C9H8N4.H3N/c10-8-6-11-5-2-7(8)9-12-3-1-4-13-9;/h1-6H,10H2;1H3. The zero-order valence-electron chi connectivity index (χ0n) is 7.59. The summed E-state index contributed by atoms with van der Waals surface area (Å²) in [5.41, 5.74) is 7.12. The lowest BCUT2D eigenvalue weighted by Crippen LogP contribution is -1.94. The SMILES string of the molecule is N.Nc1cnccc1-c1ncccn1. The maximum absolute atomic E-state index is 5.71. The number of pyridine rings is 1. The third kappa shape index (κ3) is 1.83. The first-order chi connectivity index (χ1) is 6.38. The summed E-state index contributed by atoms with van der Waals surface area (Å²) >= 11 is 0.